The number of halogens is 1. The monoisotopic (exact) mass is 397 g/mol. The fourth-order valence-electron chi connectivity index (χ4n) is 2.70. The highest BCUT2D eigenvalue weighted by Crippen LogP contribution is 2.40. The van der Waals surface area contributed by atoms with Gasteiger partial charge in [0.2, 0.25) is 5.75 Å². The Morgan fingerprint density at radius 2 is 1.62 bits per heavy atom. The Labute approximate surface area is 167 Å². The predicted molar refractivity (Wildman–Crippen MR) is 108 cm³/mol. The van der Waals surface area contributed by atoms with Crippen molar-refractivity contribution < 1.29 is 23.4 Å². The summed E-state index contributed by atoms with van der Waals surface area (Å²) in [6.07, 6.45) is 1.47. The molecule has 0 aliphatic heterocycles. The molecule has 29 heavy (non-hydrogen) atoms. The molecule has 0 saturated heterocycles. The number of hydrogen-bond donors (Lipinski definition) is 2. The van der Waals surface area contributed by atoms with Crippen molar-refractivity contribution in [3.8, 4) is 17.2 Å². The van der Waals surface area contributed by atoms with E-state index in [1.165, 1.54) is 39.7 Å². The number of rotatable bonds is 7. The van der Waals surface area contributed by atoms with E-state index in [0.29, 0.717) is 34.3 Å². The molecule has 0 aliphatic carbocycles. The van der Waals surface area contributed by atoms with Gasteiger partial charge < -0.3 is 24.8 Å². The summed E-state index contributed by atoms with van der Waals surface area (Å²) in [5, 5.41) is 5.67. The van der Waals surface area contributed by atoms with Crippen molar-refractivity contribution >= 4 is 23.0 Å². The number of methoxy groups -OCH3 is 3. The van der Waals surface area contributed by atoms with Gasteiger partial charge in [-0.05, 0) is 24.3 Å². The average molecular weight is 397 g/mol. The zero-order valence-electron chi connectivity index (χ0n) is 16.2. The first kappa shape index (κ1) is 19.9. The van der Waals surface area contributed by atoms with Crippen molar-refractivity contribution in [2.24, 2.45) is 0 Å². The van der Waals surface area contributed by atoms with Crippen molar-refractivity contribution in [1.29, 1.82) is 0 Å². The van der Waals surface area contributed by atoms with Crippen LogP contribution < -0.4 is 24.8 Å². The number of anilines is 3. The summed E-state index contributed by atoms with van der Waals surface area (Å²) < 4.78 is 29.7. The molecule has 0 unspecified atom stereocenters. The number of pyridine rings is 1. The number of aromatic nitrogens is 1. The molecule has 2 N–H and O–H groups in total. The zero-order valence-corrected chi connectivity index (χ0v) is 16.2. The summed E-state index contributed by atoms with van der Waals surface area (Å²) in [5.74, 6) is 0.390. The van der Waals surface area contributed by atoms with E-state index in [1.54, 1.807) is 36.4 Å². The van der Waals surface area contributed by atoms with Crippen molar-refractivity contribution in [3.63, 3.8) is 0 Å². The van der Waals surface area contributed by atoms with Crippen LogP contribution in [-0.4, -0.2) is 32.2 Å². The standard InChI is InChI=1S/C21H20FN3O4/c1-27-18-11-14(12-19(28-2)20(18)29-3)25-21(26)17-10-13(8-9-23-17)24-16-7-5-4-6-15(16)22/h4-12H,1-3H3,(H,23,24)(H,25,26). The molecule has 0 fully saturated rings. The van der Waals surface area contributed by atoms with E-state index in [4.69, 9.17) is 14.2 Å². The lowest BCUT2D eigenvalue weighted by atomic mass is 10.2. The number of para-hydroxylation sites is 1. The maximum atomic E-state index is 13.8. The molecule has 0 atom stereocenters. The molecule has 1 heterocycles. The van der Waals surface area contributed by atoms with Gasteiger partial charge in [-0.15, -0.1) is 0 Å². The summed E-state index contributed by atoms with van der Waals surface area (Å²) in [7, 11) is 4.47. The number of ether oxygens (including phenoxy) is 3. The minimum absolute atomic E-state index is 0.153. The van der Waals surface area contributed by atoms with E-state index in [1.807, 2.05) is 0 Å². The maximum Gasteiger partial charge on any atom is 0.274 e. The van der Waals surface area contributed by atoms with Crippen LogP contribution in [0.15, 0.2) is 54.7 Å². The predicted octanol–water partition coefficient (Wildman–Crippen LogP) is 4.24. The van der Waals surface area contributed by atoms with Crippen LogP contribution in [0.4, 0.5) is 21.5 Å². The Morgan fingerprint density at radius 3 is 2.24 bits per heavy atom. The molecule has 2 aromatic carbocycles. The Kier molecular flexibility index (Phi) is 6.13. The van der Waals surface area contributed by atoms with Gasteiger partial charge in [-0.3, -0.25) is 9.78 Å². The fourth-order valence-corrected chi connectivity index (χ4v) is 2.70. The van der Waals surface area contributed by atoms with Crippen LogP contribution in [0.2, 0.25) is 0 Å². The lowest BCUT2D eigenvalue weighted by molar-refractivity contribution is 0.102. The van der Waals surface area contributed by atoms with Crippen LogP contribution >= 0.6 is 0 Å². The number of carbonyl (C=O) groups excluding carboxylic acids is 1. The van der Waals surface area contributed by atoms with Crippen molar-refractivity contribution in [1.82, 2.24) is 4.98 Å². The molecular formula is C21H20FN3O4. The lowest BCUT2D eigenvalue weighted by Crippen LogP contribution is -2.14. The van der Waals surface area contributed by atoms with E-state index in [-0.39, 0.29) is 5.69 Å². The minimum Gasteiger partial charge on any atom is -0.493 e. The van der Waals surface area contributed by atoms with Gasteiger partial charge in [-0.25, -0.2) is 4.39 Å². The number of carbonyl (C=O) groups is 1. The summed E-state index contributed by atoms with van der Waals surface area (Å²) in [5.41, 5.74) is 1.42. The van der Waals surface area contributed by atoms with Gasteiger partial charge in [0.05, 0.1) is 27.0 Å². The summed E-state index contributed by atoms with van der Waals surface area (Å²) in [6, 6.07) is 12.7. The van der Waals surface area contributed by atoms with Crippen LogP contribution in [0.25, 0.3) is 0 Å². The molecule has 1 amide bonds. The highest BCUT2D eigenvalue weighted by atomic mass is 19.1. The third-order valence-electron chi connectivity index (χ3n) is 4.07. The summed E-state index contributed by atoms with van der Waals surface area (Å²) in [6.45, 7) is 0. The van der Waals surface area contributed by atoms with Gasteiger partial charge >= 0.3 is 0 Å². The number of nitrogens with zero attached hydrogens (tertiary/aromatic N) is 1. The summed E-state index contributed by atoms with van der Waals surface area (Å²) >= 11 is 0. The summed E-state index contributed by atoms with van der Waals surface area (Å²) in [4.78, 5) is 16.7. The SMILES string of the molecule is COc1cc(NC(=O)c2cc(Nc3ccccc3F)ccn2)cc(OC)c1OC. The molecule has 0 bridgehead atoms. The maximum absolute atomic E-state index is 13.8. The van der Waals surface area contributed by atoms with E-state index in [0.717, 1.165) is 0 Å². The van der Waals surface area contributed by atoms with Crippen LogP contribution in [0.1, 0.15) is 10.5 Å². The van der Waals surface area contributed by atoms with Gasteiger partial charge in [0.25, 0.3) is 5.91 Å². The molecular weight excluding hydrogens is 377 g/mol. The van der Waals surface area contributed by atoms with E-state index in [9.17, 15) is 9.18 Å². The van der Waals surface area contributed by atoms with Crippen molar-refractivity contribution in [2.75, 3.05) is 32.0 Å². The topological polar surface area (TPSA) is 81.7 Å². The van der Waals surface area contributed by atoms with Gasteiger partial charge in [-0.2, -0.15) is 0 Å². The van der Waals surface area contributed by atoms with Crippen LogP contribution in [0, 0.1) is 5.82 Å². The van der Waals surface area contributed by atoms with Gasteiger partial charge in [0.1, 0.15) is 11.5 Å². The normalized spacial score (nSPS) is 10.2. The Balaban J connectivity index is 1.82. The van der Waals surface area contributed by atoms with E-state index in [2.05, 4.69) is 15.6 Å². The first-order valence-electron chi connectivity index (χ1n) is 8.64. The Bertz CT molecular complexity index is 1000. The number of hydrogen-bond acceptors (Lipinski definition) is 6. The minimum atomic E-state index is -0.448. The van der Waals surface area contributed by atoms with Crippen LogP contribution in [0.5, 0.6) is 17.2 Å². The van der Waals surface area contributed by atoms with E-state index < -0.39 is 11.7 Å². The first-order valence-corrected chi connectivity index (χ1v) is 8.64. The molecule has 7 nitrogen and oxygen atoms in total. The van der Waals surface area contributed by atoms with Crippen molar-refractivity contribution in [2.45, 2.75) is 0 Å². The smallest absolute Gasteiger partial charge is 0.274 e. The second-order valence-corrected chi connectivity index (χ2v) is 5.90. The average Bonchev–Trinajstić information content (AvgIpc) is 2.74. The Hall–Kier alpha value is -3.81. The number of nitrogens with one attached hydrogen (secondary N) is 2. The van der Waals surface area contributed by atoms with Crippen LogP contribution in [0.3, 0.4) is 0 Å². The van der Waals surface area contributed by atoms with Gasteiger partial charge in [0, 0.05) is 29.7 Å². The molecule has 0 spiro atoms. The lowest BCUT2D eigenvalue weighted by Gasteiger charge is -2.14. The highest BCUT2D eigenvalue weighted by molar-refractivity contribution is 6.03. The molecule has 1 aromatic heterocycles. The van der Waals surface area contributed by atoms with Gasteiger partial charge in [0.15, 0.2) is 11.5 Å². The number of benzene rings is 2. The first-order chi connectivity index (χ1) is 14.0. The molecule has 0 saturated carbocycles. The van der Waals surface area contributed by atoms with Gasteiger partial charge in [-0.1, -0.05) is 12.1 Å². The molecule has 0 aliphatic rings. The third-order valence-corrected chi connectivity index (χ3v) is 4.07. The second-order valence-electron chi connectivity index (χ2n) is 5.90. The Morgan fingerprint density at radius 1 is 0.931 bits per heavy atom. The molecule has 8 heteroatoms. The fraction of sp³-hybridized carbons (Fsp3) is 0.143. The van der Waals surface area contributed by atoms with E-state index >= 15 is 0 Å². The third kappa shape index (κ3) is 4.55. The quantitative estimate of drug-likeness (QED) is 0.621. The molecule has 3 rings (SSSR count). The zero-order chi connectivity index (χ0) is 20.8. The van der Waals surface area contributed by atoms with Crippen LogP contribution in [-0.2, 0) is 0 Å². The van der Waals surface area contributed by atoms with Crippen molar-refractivity contribution in [3.05, 3.63) is 66.2 Å². The second kappa shape index (κ2) is 8.92. The number of amides is 1. The largest absolute Gasteiger partial charge is 0.493 e. The molecule has 3 aromatic rings. The molecule has 150 valence electrons. The highest BCUT2D eigenvalue weighted by Gasteiger charge is 2.16. The molecule has 0 radical (unpaired) electrons.